The first-order valence-electron chi connectivity index (χ1n) is 9.46. The van der Waals surface area contributed by atoms with Crippen LogP contribution in [0.1, 0.15) is 18.1 Å². The van der Waals surface area contributed by atoms with Gasteiger partial charge >= 0.3 is 0 Å². The average Bonchev–Trinajstić information content (AvgIpc) is 3.17. The minimum absolute atomic E-state index is 0.0639. The Bertz CT molecular complexity index is 1330. The number of anilines is 1. The van der Waals surface area contributed by atoms with E-state index in [2.05, 4.69) is 21.9 Å². The molecule has 2 aromatic heterocycles. The summed E-state index contributed by atoms with van der Waals surface area (Å²) in [5.41, 5.74) is 3.26. The van der Waals surface area contributed by atoms with Crippen molar-refractivity contribution in [3.63, 3.8) is 0 Å². The number of carbonyl (C=O) groups is 1. The number of hydrogen-bond acceptors (Lipinski definition) is 3. The molecule has 2 aromatic carbocycles. The van der Waals surface area contributed by atoms with Crippen molar-refractivity contribution in [2.45, 2.75) is 6.92 Å². The Balaban J connectivity index is 1.80. The van der Waals surface area contributed by atoms with E-state index in [-0.39, 0.29) is 22.8 Å². The fourth-order valence-corrected chi connectivity index (χ4v) is 3.49. The van der Waals surface area contributed by atoms with Gasteiger partial charge in [0.25, 0.3) is 0 Å². The maximum atomic E-state index is 14.8. The van der Waals surface area contributed by atoms with E-state index in [0.717, 1.165) is 17.2 Å². The van der Waals surface area contributed by atoms with E-state index in [0.29, 0.717) is 22.3 Å². The van der Waals surface area contributed by atoms with Crippen molar-refractivity contribution in [1.82, 2.24) is 9.97 Å². The van der Waals surface area contributed by atoms with Crippen molar-refractivity contribution in [1.29, 1.82) is 0 Å². The van der Waals surface area contributed by atoms with Crippen molar-refractivity contribution in [3.05, 3.63) is 84.2 Å². The molecule has 0 aliphatic carbocycles. The van der Waals surface area contributed by atoms with Crippen molar-refractivity contribution in [2.24, 2.45) is 0 Å². The fourth-order valence-electron chi connectivity index (χ4n) is 3.49. The molecule has 4 aromatic rings. The van der Waals surface area contributed by atoms with Gasteiger partial charge in [-0.1, -0.05) is 18.7 Å². The molecule has 0 unspecified atom stereocenters. The van der Waals surface area contributed by atoms with E-state index in [1.807, 2.05) is 24.3 Å². The molecule has 1 amide bonds. The monoisotopic (exact) mass is 419 g/mol. The molecule has 5 nitrogen and oxygen atoms in total. The van der Waals surface area contributed by atoms with Gasteiger partial charge in [0.2, 0.25) is 5.91 Å². The minimum Gasteiger partial charge on any atom is -0.494 e. The molecular weight excluding hydrogens is 400 g/mol. The van der Waals surface area contributed by atoms with Gasteiger partial charge in [0.05, 0.1) is 12.7 Å². The van der Waals surface area contributed by atoms with Crippen LogP contribution in [0.15, 0.2) is 61.4 Å². The highest BCUT2D eigenvalue weighted by molar-refractivity contribution is 5.97. The number of benzene rings is 2. The van der Waals surface area contributed by atoms with E-state index in [4.69, 9.17) is 4.74 Å². The summed E-state index contributed by atoms with van der Waals surface area (Å²) in [5.74, 6) is -1.78. The maximum absolute atomic E-state index is 14.8. The first-order chi connectivity index (χ1) is 14.9. The molecule has 4 rings (SSSR count). The number of rotatable bonds is 5. The molecule has 0 fully saturated rings. The van der Waals surface area contributed by atoms with Crippen LogP contribution in [0.5, 0.6) is 5.75 Å². The lowest BCUT2D eigenvalue weighted by molar-refractivity contribution is -0.114. The zero-order chi connectivity index (χ0) is 22.1. The number of H-pyrrole nitrogens is 1. The third-order valence-electron chi connectivity index (χ3n) is 4.95. The molecule has 0 bridgehead atoms. The zero-order valence-corrected chi connectivity index (χ0v) is 16.9. The average molecular weight is 419 g/mol. The van der Waals surface area contributed by atoms with Crippen LogP contribution in [0.2, 0.25) is 0 Å². The summed E-state index contributed by atoms with van der Waals surface area (Å²) in [6.45, 7) is 5.37. The number of halogens is 2. The Kier molecular flexibility index (Phi) is 5.25. The minimum atomic E-state index is -0.811. The smallest absolute Gasteiger partial charge is 0.221 e. The fraction of sp³-hybridized carbons (Fsp3) is 0.0833. The number of aromatic amines is 1. The lowest BCUT2D eigenvalue weighted by Crippen LogP contribution is -2.05. The summed E-state index contributed by atoms with van der Waals surface area (Å²) in [4.78, 5) is 18.8. The third-order valence-corrected chi connectivity index (χ3v) is 4.95. The summed E-state index contributed by atoms with van der Waals surface area (Å²) in [6, 6.07) is 11.6. The highest BCUT2D eigenvalue weighted by Gasteiger charge is 2.20. The van der Waals surface area contributed by atoms with Gasteiger partial charge in [-0.15, -0.1) is 0 Å². The molecule has 0 saturated carbocycles. The number of nitrogens with one attached hydrogen (secondary N) is 2. The van der Waals surface area contributed by atoms with Crippen LogP contribution in [0.3, 0.4) is 0 Å². The summed E-state index contributed by atoms with van der Waals surface area (Å²) < 4.78 is 34.2. The van der Waals surface area contributed by atoms with Crippen LogP contribution in [0, 0.1) is 11.6 Å². The lowest BCUT2D eigenvalue weighted by Gasteiger charge is -2.11. The summed E-state index contributed by atoms with van der Waals surface area (Å²) >= 11 is 0. The Morgan fingerprint density at radius 3 is 2.71 bits per heavy atom. The van der Waals surface area contributed by atoms with Crippen molar-refractivity contribution in [2.75, 3.05) is 12.4 Å². The summed E-state index contributed by atoms with van der Waals surface area (Å²) in [6.07, 6.45) is 3.31. The molecule has 31 heavy (non-hydrogen) atoms. The maximum Gasteiger partial charge on any atom is 0.221 e. The van der Waals surface area contributed by atoms with Crippen LogP contribution < -0.4 is 10.1 Å². The number of methoxy groups -OCH3 is 1. The largest absolute Gasteiger partial charge is 0.494 e. The normalized spacial score (nSPS) is 10.8. The van der Waals surface area contributed by atoms with E-state index in [9.17, 15) is 13.6 Å². The lowest BCUT2D eigenvalue weighted by atomic mass is 9.97. The zero-order valence-electron chi connectivity index (χ0n) is 16.9. The summed E-state index contributed by atoms with van der Waals surface area (Å²) in [5, 5.41) is 3.41. The molecule has 2 heterocycles. The Morgan fingerprint density at radius 1 is 1.16 bits per heavy atom. The van der Waals surface area contributed by atoms with Gasteiger partial charge in [-0.25, -0.2) is 13.8 Å². The number of nitrogens with zero attached hydrogens (tertiary/aromatic N) is 1. The van der Waals surface area contributed by atoms with Crippen LogP contribution in [0.4, 0.5) is 14.5 Å². The molecule has 0 spiro atoms. The van der Waals surface area contributed by atoms with E-state index in [1.54, 1.807) is 18.5 Å². The Labute approximate surface area is 177 Å². The number of carbonyl (C=O) groups excluding carboxylic acids is 1. The molecule has 0 atom stereocenters. The highest BCUT2D eigenvalue weighted by Crippen LogP contribution is 2.35. The second kappa shape index (κ2) is 8.02. The highest BCUT2D eigenvalue weighted by atomic mass is 19.1. The van der Waals surface area contributed by atoms with Gasteiger partial charge in [-0.2, -0.15) is 0 Å². The molecular formula is C24H19F2N3O2. The quantitative estimate of drug-likeness (QED) is 0.447. The Morgan fingerprint density at radius 2 is 1.97 bits per heavy atom. The number of pyridine rings is 1. The molecule has 156 valence electrons. The van der Waals surface area contributed by atoms with Crippen molar-refractivity contribution >= 4 is 28.2 Å². The van der Waals surface area contributed by atoms with Gasteiger partial charge < -0.3 is 15.0 Å². The third kappa shape index (κ3) is 3.77. The number of ether oxygens (including phenoxy) is 1. The van der Waals surface area contributed by atoms with Crippen molar-refractivity contribution < 1.29 is 18.3 Å². The molecule has 2 N–H and O–H groups in total. The molecule has 0 radical (unpaired) electrons. The SMILES string of the molecule is C=C(c1c(F)ccc(OC)c1F)c1c[nH]c2ncc(-c3cccc(NC(C)=O)c3)cc12. The second-order valence-electron chi connectivity index (χ2n) is 7.00. The predicted molar refractivity (Wildman–Crippen MR) is 117 cm³/mol. The first kappa shape index (κ1) is 20.3. The van der Waals surface area contributed by atoms with Gasteiger partial charge in [0.15, 0.2) is 11.6 Å². The van der Waals surface area contributed by atoms with Crippen LogP contribution in [0.25, 0.3) is 27.7 Å². The van der Waals surface area contributed by atoms with Gasteiger partial charge in [0.1, 0.15) is 11.5 Å². The summed E-state index contributed by atoms with van der Waals surface area (Å²) in [7, 11) is 1.32. The Hall–Kier alpha value is -4.00. The van der Waals surface area contributed by atoms with Crippen LogP contribution >= 0.6 is 0 Å². The molecule has 0 aliphatic rings. The molecule has 7 heteroatoms. The van der Waals surface area contributed by atoms with Crippen molar-refractivity contribution in [3.8, 4) is 16.9 Å². The standard InChI is InChI=1S/C24H19F2N3O2/c1-13(22-20(25)7-8-21(31-3)23(22)26)19-12-28-24-18(19)10-16(11-27-24)15-5-4-6-17(9-15)29-14(2)30/h4-12H,1H2,2-3H3,(H,27,28)(H,29,30). The first-order valence-corrected chi connectivity index (χ1v) is 9.46. The van der Waals surface area contributed by atoms with Gasteiger partial charge in [-0.05, 0) is 41.5 Å². The number of hydrogen-bond donors (Lipinski definition) is 2. The van der Waals surface area contributed by atoms with Crippen LogP contribution in [-0.4, -0.2) is 23.0 Å². The van der Waals surface area contributed by atoms with Gasteiger partial charge in [-0.3, -0.25) is 4.79 Å². The van der Waals surface area contributed by atoms with E-state index >= 15 is 0 Å². The molecule has 0 saturated heterocycles. The van der Waals surface area contributed by atoms with Crippen LogP contribution in [-0.2, 0) is 4.79 Å². The number of fused-ring (bicyclic) bond motifs is 1. The number of aromatic nitrogens is 2. The predicted octanol–water partition coefficient (Wildman–Crippen LogP) is 5.54. The topological polar surface area (TPSA) is 67.0 Å². The van der Waals surface area contributed by atoms with E-state index < -0.39 is 11.6 Å². The second-order valence-corrected chi connectivity index (χ2v) is 7.00. The van der Waals surface area contributed by atoms with Gasteiger partial charge in [0, 0.05) is 41.5 Å². The van der Waals surface area contributed by atoms with E-state index in [1.165, 1.54) is 20.1 Å². The number of amides is 1. The molecule has 0 aliphatic heterocycles.